The molecule has 1 aliphatic rings. The van der Waals surface area contributed by atoms with Crippen LogP contribution in [0.2, 0.25) is 0 Å². The highest BCUT2D eigenvalue weighted by Crippen LogP contribution is 2.25. The highest BCUT2D eigenvalue weighted by Gasteiger charge is 2.21. The Morgan fingerprint density at radius 1 is 1.04 bits per heavy atom. The highest BCUT2D eigenvalue weighted by atomic mass is 19.1. The quantitative estimate of drug-likeness (QED) is 0.730. The number of hydrogen-bond acceptors (Lipinski definition) is 6. The van der Waals surface area contributed by atoms with Gasteiger partial charge in [0.1, 0.15) is 12.1 Å². The van der Waals surface area contributed by atoms with Crippen LogP contribution in [0.4, 0.5) is 15.9 Å². The third-order valence-corrected chi connectivity index (χ3v) is 4.51. The molecule has 0 radical (unpaired) electrons. The van der Waals surface area contributed by atoms with Gasteiger partial charge in [-0.15, -0.1) is 0 Å². The fourth-order valence-electron chi connectivity index (χ4n) is 3.21. The van der Waals surface area contributed by atoms with Gasteiger partial charge in [-0.3, -0.25) is 0 Å². The molecule has 2 aromatic heterocycles. The third-order valence-electron chi connectivity index (χ3n) is 4.51. The van der Waals surface area contributed by atoms with Gasteiger partial charge in [0, 0.05) is 38.3 Å². The Labute approximate surface area is 145 Å². The lowest BCUT2D eigenvalue weighted by Gasteiger charge is -2.24. The van der Waals surface area contributed by atoms with E-state index in [-0.39, 0.29) is 5.82 Å². The Kier molecular flexibility index (Phi) is 4.21. The minimum absolute atomic E-state index is 0.207. The largest absolute Gasteiger partial charge is 0.422 e. The van der Waals surface area contributed by atoms with Crippen LogP contribution in [0.5, 0.6) is 0 Å². The van der Waals surface area contributed by atoms with Gasteiger partial charge >= 0.3 is 0 Å². The minimum atomic E-state index is -0.207. The zero-order chi connectivity index (χ0) is 17.2. The molecule has 0 unspecified atom stereocenters. The lowest BCUT2D eigenvalue weighted by atomic mass is 10.2. The second-order valence-electron chi connectivity index (χ2n) is 6.12. The Morgan fingerprint density at radius 3 is 2.60 bits per heavy atom. The smallest absolute Gasteiger partial charge is 0.252 e. The van der Waals surface area contributed by atoms with Crippen molar-refractivity contribution in [3.8, 4) is 0 Å². The molecule has 0 spiro atoms. The molecule has 130 valence electrons. The van der Waals surface area contributed by atoms with Gasteiger partial charge in [-0.25, -0.2) is 14.4 Å². The summed E-state index contributed by atoms with van der Waals surface area (Å²) < 4.78 is 18.8. The molecule has 0 atom stereocenters. The van der Waals surface area contributed by atoms with Gasteiger partial charge in [-0.1, -0.05) is 6.92 Å². The Bertz CT molecular complexity index is 864. The van der Waals surface area contributed by atoms with Crippen molar-refractivity contribution < 1.29 is 8.81 Å². The van der Waals surface area contributed by atoms with Crippen molar-refractivity contribution in [1.29, 1.82) is 0 Å². The lowest BCUT2D eigenvalue weighted by Crippen LogP contribution is -2.31. The number of hydrogen-bond donors (Lipinski definition) is 0. The number of fused-ring (bicyclic) bond motifs is 1. The first kappa shape index (κ1) is 15.8. The molecule has 0 saturated carbocycles. The first-order valence-electron chi connectivity index (χ1n) is 8.60. The molecular weight excluding hydrogens is 321 g/mol. The van der Waals surface area contributed by atoms with Gasteiger partial charge in [0.25, 0.3) is 5.71 Å². The lowest BCUT2D eigenvalue weighted by molar-refractivity contribution is 0.529. The summed E-state index contributed by atoms with van der Waals surface area (Å²) in [5.41, 5.74) is 2.32. The van der Waals surface area contributed by atoms with Crippen LogP contribution in [0.1, 0.15) is 19.2 Å². The summed E-state index contributed by atoms with van der Waals surface area (Å²) in [5.74, 6) is 1.30. The fourth-order valence-corrected chi connectivity index (χ4v) is 3.21. The number of anilines is 2. The first-order valence-corrected chi connectivity index (χ1v) is 8.60. The molecule has 1 saturated heterocycles. The van der Waals surface area contributed by atoms with E-state index in [1.165, 1.54) is 18.5 Å². The summed E-state index contributed by atoms with van der Waals surface area (Å²) in [7, 11) is 0. The standard InChI is InChI=1S/C18H20FN5O/c1-2-15-22-16-17(20-12-21-18(16)25-15)24-9-3-8-23(10-11-24)14-6-4-13(19)5-7-14/h4-7,12H,2-3,8-11H2,1H3. The maximum atomic E-state index is 13.1. The van der Waals surface area contributed by atoms with Crippen molar-refractivity contribution >= 4 is 22.7 Å². The molecule has 0 N–H and O–H groups in total. The molecule has 4 rings (SSSR count). The second kappa shape index (κ2) is 6.66. The normalized spacial score (nSPS) is 15.6. The van der Waals surface area contributed by atoms with Gasteiger partial charge in [-0.05, 0) is 30.7 Å². The number of rotatable bonds is 3. The summed E-state index contributed by atoms with van der Waals surface area (Å²) in [5, 5.41) is 0. The van der Waals surface area contributed by atoms with E-state index in [1.54, 1.807) is 0 Å². The van der Waals surface area contributed by atoms with Crippen LogP contribution in [0.3, 0.4) is 0 Å². The Balaban J connectivity index is 1.56. The number of oxazole rings is 1. The summed E-state index contributed by atoms with van der Waals surface area (Å²) in [6, 6.07) is 6.68. The van der Waals surface area contributed by atoms with Crippen LogP contribution in [-0.4, -0.2) is 41.1 Å². The van der Waals surface area contributed by atoms with Gasteiger partial charge in [0.05, 0.1) is 0 Å². The van der Waals surface area contributed by atoms with E-state index in [0.29, 0.717) is 11.6 Å². The van der Waals surface area contributed by atoms with E-state index in [1.807, 2.05) is 19.1 Å². The van der Waals surface area contributed by atoms with Gasteiger partial charge in [0.15, 0.2) is 17.2 Å². The molecule has 0 bridgehead atoms. The van der Waals surface area contributed by atoms with Gasteiger partial charge in [0.2, 0.25) is 0 Å². The maximum absolute atomic E-state index is 13.1. The van der Waals surface area contributed by atoms with Crippen LogP contribution >= 0.6 is 0 Å². The average molecular weight is 341 g/mol. The fraction of sp³-hybridized carbons (Fsp3) is 0.389. The van der Waals surface area contributed by atoms with E-state index in [4.69, 9.17) is 4.42 Å². The van der Waals surface area contributed by atoms with Gasteiger partial charge in [-0.2, -0.15) is 4.98 Å². The average Bonchev–Trinajstić information content (AvgIpc) is 2.92. The SMILES string of the molecule is CCc1nc2c(N3CCCN(c4ccc(F)cc4)CC3)ncnc2o1. The predicted molar refractivity (Wildman–Crippen MR) is 94.4 cm³/mol. The molecule has 0 amide bonds. The first-order chi connectivity index (χ1) is 12.2. The van der Waals surface area contributed by atoms with Crippen molar-refractivity contribution in [3.63, 3.8) is 0 Å². The topological polar surface area (TPSA) is 58.3 Å². The molecule has 6 nitrogen and oxygen atoms in total. The van der Waals surface area contributed by atoms with E-state index in [2.05, 4.69) is 24.8 Å². The third kappa shape index (κ3) is 3.14. The zero-order valence-electron chi connectivity index (χ0n) is 14.2. The van der Waals surface area contributed by atoms with Crippen LogP contribution < -0.4 is 9.80 Å². The zero-order valence-corrected chi connectivity index (χ0v) is 14.2. The van der Waals surface area contributed by atoms with Crippen molar-refractivity contribution in [2.75, 3.05) is 36.0 Å². The molecule has 3 aromatic rings. The molecule has 0 aliphatic carbocycles. The number of benzene rings is 1. The van der Waals surface area contributed by atoms with E-state index >= 15 is 0 Å². The van der Waals surface area contributed by atoms with Crippen molar-refractivity contribution in [2.45, 2.75) is 19.8 Å². The molecule has 1 aromatic carbocycles. The monoisotopic (exact) mass is 341 g/mol. The van der Waals surface area contributed by atoms with E-state index < -0.39 is 0 Å². The minimum Gasteiger partial charge on any atom is -0.422 e. The van der Waals surface area contributed by atoms with Crippen LogP contribution in [0.15, 0.2) is 35.0 Å². The van der Waals surface area contributed by atoms with Crippen LogP contribution in [-0.2, 0) is 6.42 Å². The van der Waals surface area contributed by atoms with Crippen LogP contribution in [0, 0.1) is 5.82 Å². The van der Waals surface area contributed by atoms with Crippen molar-refractivity contribution in [2.24, 2.45) is 0 Å². The van der Waals surface area contributed by atoms with E-state index in [0.717, 1.165) is 56.0 Å². The summed E-state index contributed by atoms with van der Waals surface area (Å²) in [4.78, 5) is 17.7. The van der Waals surface area contributed by atoms with Crippen LogP contribution in [0.25, 0.3) is 11.2 Å². The second-order valence-corrected chi connectivity index (χ2v) is 6.12. The maximum Gasteiger partial charge on any atom is 0.252 e. The Morgan fingerprint density at radius 2 is 1.80 bits per heavy atom. The predicted octanol–water partition coefficient (Wildman–Crippen LogP) is 3.04. The molecular formula is C18H20FN5O. The number of aromatic nitrogens is 3. The molecule has 1 aliphatic heterocycles. The summed E-state index contributed by atoms with van der Waals surface area (Å²) in [6.45, 7) is 5.48. The molecule has 3 heterocycles. The van der Waals surface area contributed by atoms with E-state index in [9.17, 15) is 4.39 Å². The number of nitrogens with zero attached hydrogens (tertiary/aromatic N) is 5. The summed E-state index contributed by atoms with van der Waals surface area (Å²) >= 11 is 0. The Hall–Kier alpha value is -2.70. The van der Waals surface area contributed by atoms with Gasteiger partial charge < -0.3 is 14.2 Å². The molecule has 25 heavy (non-hydrogen) atoms. The molecule has 1 fully saturated rings. The number of aryl methyl sites for hydroxylation is 1. The molecule has 7 heteroatoms. The number of halogens is 1. The van der Waals surface area contributed by atoms with Crippen molar-refractivity contribution in [1.82, 2.24) is 15.0 Å². The highest BCUT2D eigenvalue weighted by molar-refractivity contribution is 5.81. The summed E-state index contributed by atoms with van der Waals surface area (Å²) in [6.07, 6.45) is 3.25. The van der Waals surface area contributed by atoms with Crippen molar-refractivity contribution in [3.05, 3.63) is 42.3 Å².